The zero-order valence-electron chi connectivity index (χ0n) is 9.44. The van der Waals surface area contributed by atoms with Crippen molar-refractivity contribution in [2.75, 3.05) is 12.3 Å². The van der Waals surface area contributed by atoms with Crippen molar-refractivity contribution in [3.8, 4) is 5.75 Å². The van der Waals surface area contributed by atoms with E-state index < -0.39 is 0 Å². The molecule has 2 rings (SSSR count). The number of aryl methyl sites for hydroxylation is 1. The lowest BCUT2D eigenvalue weighted by atomic mass is 10.3. The number of nitrogen functional groups attached to an aromatic ring is 1. The van der Waals surface area contributed by atoms with Crippen LogP contribution < -0.4 is 10.5 Å². The second kappa shape index (κ2) is 5.14. The highest BCUT2D eigenvalue weighted by Gasteiger charge is 2.04. The summed E-state index contributed by atoms with van der Waals surface area (Å²) in [5.41, 5.74) is 8.81. The van der Waals surface area contributed by atoms with Crippen molar-refractivity contribution < 1.29 is 9.13 Å². The largest absolute Gasteiger partial charge is 0.491 e. The van der Waals surface area contributed by atoms with E-state index in [1.54, 1.807) is 17.4 Å². The van der Waals surface area contributed by atoms with Crippen LogP contribution in [0.25, 0.3) is 0 Å². The second-order valence-corrected chi connectivity index (χ2v) is 4.58. The van der Waals surface area contributed by atoms with Crippen molar-refractivity contribution in [3.05, 3.63) is 40.1 Å². The van der Waals surface area contributed by atoms with Crippen LogP contribution in [-0.2, 0) is 6.42 Å². The Morgan fingerprint density at radius 2 is 2.29 bits per heavy atom. The van der Waals surface area contributed by atoms with Gasteiger partial charge < -0.3 is 10.5 Å². The second-order valence-electron chi connectivity index (χ2n) is 3.64. The van der Waals surface area contributed by atoms with Crippen molar-refractivity contribution in [2.45, 2.75) is 13.3 Å². The quantitative estimate of drug-likeness (QED) is 0.851. The van der Waals surface area contributed by atoms with E-state index in [4.69, 9.17) is 10.5 Å². The molecule has 0 amide bonds. The van der Waals surface area contributed by atoms with Gasteiger partial charge in [-0.3, -0.25) is 0 Å². The Bertz CT molecular complexity index is 513. The van der Waals surface area contributed by atoms with Crippen molar-refractivity contribution in [1.82, 2.24) is 4.98 Å². The van der Waals surface area contributed by atoms with Gasteiger partial charge in [-0.05, 0) is 19.1 Å². The molecule has 1 heterocycles. The minimum atomic E-state index is -0.354. The third-order valence-electron chi connectivity index (χ3n) is 2.40. The van der Waals surface area contributed by atoms with Gasteiger partial charge in [-0.15, -0.1) is 11.3 Å². The van der Waals surface area contributed by atoms with E-state index in [-0.39, 0.29) is 5.82 Å². The summed E-state index contributed by atoms with van der Waals surface area (Å²) in [4.78, 5) is 5.36. The number of aromatic nitrogens is 1. The van der Waals surface area contributed by atoms with E-state index in [0.717, 1.165) is 12.1 Å². The third kappa shape index (κ3) is 2.94. The molecule has 90 valence electrons. The molecule has 0 saturated heterocycles. The standard InChI is InChI=1S/C12H13FN2OS/c1-8-12(17-7-15-8)4-5-16-11-3-2-9(13)6-10(11)14/h2-3,6-7H,4-5,14H2,1H3. The SMILES string of the molecule is Cc1ncsc1CCOc1ccc(F)cc1N. The van der Waals surface area contributed by atoms with Crippen LogP contribution >= 0.6 is 11.3 Å². The molecule has 0 radical (unpaired) electrons. The van der Waals surface area contributed by atoms with Crippen molar-refractivity contribution in [1.29, 1.82) is 0 Å². The van der Waals surface area contributed by atoms with Crippen molar-refractivity contribution in [2.24, 2.45) is 0 Å². The predicted molar refractivity (Wildman–Crippen MR) is 66.9 cm³/mol. The molecule has 0 spiro atoms. The van der Waals surface area contributed by atoms with Crippen LogP contribution in [0.2, 0.25) is 0 Å². The van der Waals surface area contributed by atoms with E-state index in [2.05, 4.69) is 4.98 Å². The van der Waals surface area contributed by atoms with Gasteiger partial charge in [-0.1, -0.05) is 0 Å². The Morgan fingerprint density at radius 1 is 1.47 bits per heavy atom. The highest BCUT2D eigenvalue weighted by atomic mass is 32.1. The molecule has 0 aliphatic rings. The van der Waals surface area contributed by atoms with Gasteiger partial charge in [0.15, 0.2) is 0 Å². The van der Waals surface area contributed by atoms with E-state index in [1.165, 1.54) is 17.0 Å². The summed E-state index contributed by atoms with van der Waals surface area (Å²) in [6.45, 7) is 2.48. The smallest absolute Gasteiger partial charge is 0.142 e. The maximum absolute atomic E-state index is 12.8. The number of halogens is 1. The molecule has 0 bridgehead atoms. The summed E-state index contributed by atoms with van der Waals surface area (Å²) in [6, 6.07) is 4.14. The zero-order valence-corrected chi connectivity index (χ0v) is 10.3. The first-order chi connectivity index (χ1) is 8.16. The van der Waals surface area contributed by atoms with Gasteiger partial charge >= 0.3 is 0 Å². The molecule has 0 aliphatic carbocycles. The maximum Gasteiger partial charge on any atom is 0.142 e. The number of rotatable bonds is 4. The zero-order chi connectivity index (χ0) is 12.3. The molecule has 0 unspecified atom stereocenters. The average Bonchev–Trinajstić information content (AvgIpc) is 2.68. The normalized spacial score (nSPS) is 10.5. The molecule has 0 aliphatic heterocycles. The first-order valence-corrected chi connectivity index (χ1v) is 6.11. The topological polar surface area (TPSA) is 48.1 Å². The van der Waals surface area contributed by atoms with E-state index in [0.29, 0.717) is 18.0 Å². The van der Waals surface area contributed by atoms with Gasteiger partial charge in [0, 0.05) is 17.4 Å². The highest BCUT2D eigenvalue weighted by Crippen LogP contribution is 2.22. The number of thiazole rings is 1. The van der Waals surface area contributed by atoms with E-state index in [1.807, 2.05) is 12.4 Å². The molecule has 3 nitrogen and oxygen atoms in total. The van der Waals surface area contributed by atoms with Crippen LogP contribution in [0, 0.1) is 12.7 Å². The summed E-state index contributed by atoms with van der Waals surface area (Å²) >= 11 is 1.61. The Hall–Kier alpha value is -1.62. The summed E-state index contributed by atoms with van der Waals surface area (Å²) in [5.74, 6) is 0.168. The number of benzene rings is 1. The van der Waals surface area contributed by atoms with Crippen LogP contribution in [0.15, 0.2) is 23.7 Å². The first-order valence-electron chi connectivity index (χ1n) is 5.23. The van der Waals surface area contributed by atoms with E-state index in [9.17, 15) is 4.39 Å². The minimum absolute atomic E-state index is 0.325. The Kier molecular flexibility index (Phi) is 3.58. The van der Waals surface area contributed by atoms with Gasteiger partial charge in [-0.25, -0.2) is 9.37 Å². The summed E-state index contributed by atoms with van der Waals surface area (Å²) < 4.78 is 18.3. The lowest BCUT2D eigenvalue weighted by Crippen LogP contribution is -2.03. The molecule has 5 heteroatoms. The average molecular weight is 252 g/mol. The van der Waals surface area contributed by atoms with Gasteiger partial charge in [0.1, 0.15) is 11.6 Å². The number of hydrogen-bond donors (Lipinski definition) is 1. The van der Waals surface area contributed by atoms with Crippen molar-refractivity contribution >= 4 is 17.0 Å². The fourth-order valence-corrected chi connectivity index (χ4v) is 2.23. The number of nitrogens with zero attached hydrogens (tertiary/aromatic N) is 1. The lowest BCUT2D eigenvalue weighted by molar-refractivity contribution is 0.324. The highest BCUT2D eigenvalue weighted by molar-refractivity contribution is 7.09. The van der Waals surface area contributed by atoms with Crippen LogP contribution in [-0.4, -0.2) is 11.6 Å². The Balaban J connectivity index is 1.92. The minimum Gasteiger partial charge on any atom is -0.491 e. The summed E-state index contributed by atoms with van der Waals surface area (Å²) in [6.07, 6.45) is 0.785. The van der Waals surface area contributed by atoms with Gasteiger partial charge in [-0.2, -0.15) is 0 Å². The molecular formula is C12H13FN2OS. The summed E-state index contributed by atoms with van der Waals surface area (Å²) in [7, 11) is 0. The maximum atomic E-state index is 12.8. The number of nitrogens with two attached hydrogens (primary N) is 1. The fourth-order valence-electron chi connectivity index (χ4n) is 1.47. The molecule has 2 aromatic rings. The first kappa shape index (κ1) is 11.9. The Labute approximate surface area is 103 Å². The summed E-state index contributed by atoms with van der Waals surface area (Å²) in [5, 5.41) is 0. The van der Waals surface area contributed by atoms with Gasteiger partial charge in [0.25, 0.3) is 0 Å². The van der Waals surface area contributed by atoms with Crippen LogP contribution in [0.4, 0.5) is 10.1 Å². The Morgan fingerprint density at radius 3 is 2.94 bits per heavy atom. The molecule has 0 fully saturated rings. The number of ether oxygens (including phenoxy) is 1. The number of hydrogen-bond acceptors (Lipinski definition) is 4. The fraction of sp³-hybridized carbons (Fsp3) is 0.250. The molecule has 1 aromatic heterocycles. The van der Waals surface area contributed by atoms with Crippen LogP contribution in [0.3, 0.4) is 0 Å². The predicted octanol–water partition coefficient (Wildman–Crippen LogP) is 2.79. The molecule has 0 atom stereocenters. The van der Waals surface area contributed by atoms with E-state index >= 15 is 0 Å². The van der Waals surface area contributed by atoms with Gasteiger partial charge in [0.2, 0.25) is 0 Å². The van der Waals surface area contributed by atoms with Gasteiger partial charge in [0.05, 0.1) is 23.5 Å². The lowest BCUT2D eigenvalue weighted by Gasteiger charge is -2.08. The molecule has 0 saturated carbocycles. The molecular weight excluding hydrogens is 239 g/mol. The molecule has 2 N–H and O–H groups in total. The third-order valence-corrected chi connectivity index (χ3v) is 3.40. The van der Waals surface area contributed by atoms with Crippen LogP contribution in [0.1, 0.15) is 10.6 Å². The van der Waals surface area contributed by atoms with Crippen LogP contribution in [0.5, 0.6) is 5.75 Å². The van der Waals surface area contributed by atoms with Crippen molar-refractivity contribution in [3.63, 3.8) is 0 Å². The monoisotopic (exact) mass is 252 g/mol. The molecule has 1 aromatic carbocycles. The number of anilines is 1. The molecule has 17 heavy (non-hydrogen) atoms.